The molecular formula is C18H27IN4O. The average Bonchev–Trinajstić information content (AvgIpc) is 2.88. The summed E-state index contributed by atoms with van der Waals surface area (Å²) in [6.45, 7) is 8.41. The second-order valence-corrected chi connectivity index (χ2v) is 5.48. The van der Waals surface area contributed by atoms with Crippen LogP contribution in [0.1, 0.15) is 29.5 Å². The Balaban J connectivity index is 0.00000288. The van der Waals surface area contributed by atoms with Gasteiger partial charge in [-0.2, -0.15) is 0 Å². The molecule has 24 heavy (non-hydrogen) atoms. The maximum atomic E-state index is 5.18. The number of hydrogen-bond acceptors (Lipinski definition) is 3. The van der Waals surface area contributed by atoms with E-state index in [1.165, 1.54) is 5.56 Å². The minimum Gasteiger partial charge on any atom is -0.361 e. The number of nitrogens with one attached hydrogen (secondary N) is 2. The molecule has 0 amide bonds. The zero-order valence-corrected chi connectivity index (χ0v) is 17.0. The van der Waals surface area contributed by atoms with Crippen LogP contribution in [0, 0.1) is 13.8 Å². The van der Waals surface area contributed by atoms with Gasteiger partial charge in [0.1, 0.15) is 5.76 Å². The zero-order chi connectivity index (χ0) is 16.5. The van der Waals surface area contributed by atoms with Crippen LogP contribution < -0.4 is 10.6 Å². The van der Waals surface area contributed by atoms with Gasteiger partial charge in [0.2, 0.25) is 0 Å². The molecule has 0 aliphatic rings. The Morgan fingerprint density at radius 3 is 2.50 bits per heavy atom. The molecule has 0 radical (unpaired) electrons. The van der Waals surface area contributed by atoms with Gasteiger partial charge in [0.25, 0.3) is 0 Å². The number of aliphatic imine (C=N–C) groups is 1. The summed E-state index contributed by atoms with van der Waals surface area (Å²) in [5, 5.41) is 10.6. The summed E-state index contributed by atoms with van der Waals surface area (Å²) in [6.07, 6.45) is 1.82. The first kappa shape index (κ1) is 20.5. The van der Waals surface area contributed by atoms with Crippen molar-refractivity contribution in [2.75, 3.05) is 19.6 Å². The van der Waals surface area contributed by atoms with Gasteiger partial charge in [-0.05, 0) is 39.2 Å². The molecule has 0 saturated carbocycles. The van der Waals surface area contributed by atoms with E-state index in [9.17, 15) is 0 Å². The van der Waals surface area contributed by atoms with Crippen molar-refractivity contribution >= 4 is 29.9 Å². The monoisotopic (exact) mass is 442 g/mol. The van der Waals surface area contributed by atoms with E-state index in [0.29, 0.717) is 6.54 Å². The molecule has 0 atom stereocenters. The number of hydrogen-bond donors (Lipinski definition) is 2. The highest BCUT2D eigenvalue weighted by molar-refractivity contribution is 14.0. The third kappa shape index (κ3) is 6.51. The Bertz CT molecular complexity index is 606. The molecule has 1 aromatic heterocycles. The van der Waals surface area contributed by atoms with Gasteiger partial charge in [0, 0.05) is 25.2 Å². The van der Waals surface area contributed by atoms with Gasteiger partial charge in [-0.1, -0.05) is 35.5 Å². The molecule has 0 spiro atoms. The number of benzene rings is 1. The molecule has 0 fully saturated rings. The highest BCUT2D eigenvalue weighted by Gasteiger charge is 2.08. The van der Waals surface area contributed by atoms with Crippen LogP contribution in [0.2, 0.25) is 0 Å². The number of nitrogens with zero attached hydrogens (tertiary/aromatic N) is 2. The van der Waals surface area contributed by atoms with E-state index >= 15 is 0 Å². The summed E-state index contributed by atoms with van der Waals surface area (Å²) in [5.41, 5.74) is 3.44. The Morgan fingerprint density at radius 1 is 1.12 bits per heavy atom. The predicted octanol–water partition coefficient (Wildman–Crippen LogP) is 3.25. The largest absolute Gasteiger partial charge is 0.361 e. The van der Waals surface area contributed by atoms with Crippen molar-refractivity contribution in [2.24, 2.45) is 4.99 Å². The second kappa shape index (κ2) is 11.1. The van der Waals surface area contributed by atoms with Crippen LogP contribution in [-0.2, 0) is 12.8 Å². The van der Waals surface area contributed by atoms with Crippen LogP contribution in [0.25, 0.3) is 0 Å². The zero-order valence-electron chi connectivity index (χ0n) is 14.6. The summed E-state index contributed by atoms with van der Waals surface area (Å²) in [6, 6.07) is 10.5. The quantitative estimate of drug-likeness (QED) is 0.393. The normalized spacial score (nSPS) is 11.0. The van der Waals surface area contributed by atoms with Gasteiger partial charge in [-0.3, -0.25) is 4.99 Å². The molecule has 0 aliphatic carbocycles. The molecule has 1 heterocycles. The van der Waals surface area contributed by atoms with Gasteiger partial charge >= 0.3 is 0 Å². The highest BCUT2D eigenvalue weighted by atomic mass is 127. The fourth-order valence-corrected chi connectivity index (χ4v) is 2.45. The van der Waals surface area contributed by atoms with Crippen LogP contribution in [0.4, 0.5) is 0 Å². The molecule has 1 aromatic carbocycles. The summed E-state index contributed by atoms with van der Waals surface area (Å²) in [7, 11) is 0. The first-order chi connectivity index (χ1) is 11.2. The maximum absolute atomic E-state index is 5.18. The lowest BCUT2D eigenvalue weighted by molar-refractivity contribution is 0.392. The first-order valence-electron chi connectivity index (χ1n) is 8.18. The van der Waals surface area contributed by atoms with E-state index in [-0.39, 0.29) is 24.0 Å². The predicted molar refractivity (Wildman–Crippen MR) is 109 cm³/mol. The number of halogens is 1. The summed E-state index contributed by atoms with van der Waals surface area (Å²) >= 11 is 0. The molecule has 0 aliphatic heterocycles. The number of aryl methyl sites for hydroxylation is 2. The molecule has 0 unspecified atom stereocenters. The summed E-state index contributed by atoms with van der Waals surface area (Å²) in [5.74, 6) is 1.75. The Hall–Kier alpha value is -1.57. The highest BCUT2D eigenvalue weighted by Crippen LogP contribution is 2.12. The molecule has 5 nitrogen and oxygen atoms in total. The Morgan fingerprint density at radius 2 is 1.88 bits per heavy atom. The number of guanidine groups is 1. The van der Waals surface area contributed by atoms with Crippen molar-refractivity contribution in [3.8, 4) is 0 Å². The third-order valence-electron chi connectivity index (χ3n) is 3.71. The topological polar surface area (TPSA) is 62.5 Å². The van der Waals surface area contributed by atoms with E-state index in [0.717, 1.165) is 48.9 Å². The number of rotatable bonds is 7. The van der Waals surface area contributed by atoms with Crippen molar-refractivity contribution in [3.05, 3.63) is 52.9 Å². The van der Waals surface area contributed by atoms with Gasteiger partial charge < -0.3 is 15.2 Å². The molecule has 0 saturated heterocycles. The van der Waals surface area contributed by atoms with Crippen LogP contribution in [-0.4, -0.2) is 30.8 Å². The van der Waals surface area contributed by atoms with E-state index in [4.69, 9.17) is 4.52 Å². The fourth-order valence-electron chi connectivity index (χ4n) is 2.45. The second-order valence-electron chi connectivity index (χ2n) is 5.48. The van der Waals surface area contributed by atoms with E-state index in [1.807, 2.05) is 19.9 Å². The lowest BCUT2D eigenvalue weighted by atomic mass is 10.1. The van der Waals surface area contributed by atoms with E-state index < -0.39 is 0 Å². The first-order valence-corrected chi connectivity index (χ1v) is 8.18. The van der Waals surface area contributed by atoms with Crippen molar-refractivity contribution in [3.63, 3.8) is 0 Å². The Labute approximate surface area is 161 Å². The van der Waals surface area contributed by atoms with Crippen molar-refractivity contribution < 1.29 is 4.52 Å². The van der Waals surface area contributed by atoms with Crippen LogP contribution in [0.5, 0.6) is 0 Å². The molecular weight excluding hydrogens is 415 g/mol. The Kier molecular flexibility index (Phi) is 9.44. The molecule has 132 valence electrons. The van der Waals surface area contributed by atoms with E-state index in [2.05, 4.69) is 52.0 Å². The molecule has 6 heteroatoms. The molecule has 0 bridgehead atoms. The van der Waals surface area contributed by atoms with Gasteiger partial charge in [0.15, 0.2) is 5.96 Å². The standard InChI is InChI=1S/C18H26N4O.HI/c1-4-19-18(20-12-10-16-8-6-5-7-9-16)21-13-11-17-14(2)22-23-15(17)3;/h5-9H,4,10-13H2,1-3H3,(H2,19,20,21);1H. The molecule has 2 rings (SSSR count). The SMILES string of the molecule is CCNC(=NCCc1c(C)noc1C)NCCc1ccccc1.I. The summed E-state index contributed by atoms with van der Waals surface area (Å²) < 4.78 is 5.18. The van der Waals surface area contributed by atoms with Crippen molar-refractivity contribution in [2.45, 2.75) is 33.6 Å². The van der Waals surface area contributed by atoms with E-state index in [1.54, 1.807) is 0 Å². The van der Waals surface area contributed by atoms with Gasteiger partial charge in [0.05, 0.1) is 5.69 Å². The van der Waals surface area contributed by atoms with Gasteiger partial charge in [-0.25, -0.2) is 0 Å². The molecule has 2 aromatic rings. The summed E-state index contributed by atoms with van der Waals surface area (Å²) in [4.78, 5) is 4.63. The van der Waals surface area contributed by atoms with Crippen molar-refractivity contribution in [1.82, 2.24) is 15.8 Å². The van der Waals surface area contributed by atoms with Crippen molar-refractivity contribution in [1.29, 1.82) is 0 Å². The maximum Gasteiger partial charge on any atom is 0.191 e. The fraction of sp³-hybridized carbons (Fsp3) is 0.444. The lowest BCUT2D eigenvalue weighted by Crippen LogP contribution is -2.38. The molecule has 2 N–H and O–H groups in total. The van der Waals surface area contributed by atoms with Crippen LogP contribution in [0.15, 0.2) is 39.8 Å². The number of aromatic nitrogens is 1. The van der Waals surface area contributed by atoms with Gasteiger partial charge in [-0.15, -0.1) is 24.0 Å². The van der Waals surface area contributed by atoms with Crippen LogP contribution in [0.3, 0.4) is 0 Å². The minimum absolute atomic E-state index is 0. The lowest BCUT2D eigenvalue weighted by Gasteiger charge is -2.11. The minimum atomic E-state index is 0. The smallest absolute Gasteiger partial charge is 0.191 e. The average molecular weight is 442 g/mol. The van der Waals surface area contributed by atoms with Crippen LogP contribution >= 0.6 is 24.0 Å². The third-order valence-corrected chi connectivity index (χ3v) is 3.71.